The van der Waals surface area contributed by atoms with Crippen molar-refractivity contribution in [3.8, 4) is 0 Å². The number of aliphatic hydroxyl groups excluding tert-OH is 2. The van der Waals surface area contributed by atoms with Gasteiger partial charge < -0.3 is 15.9 Å². The number of rotatable bonds is 5. The smallest absolute Gasteiger partial charge is 0.0639 e. The Morgan fingerprint density at radius 3 is 1.58 bits per heavy atom. The van der Waals surface area contributed by atoms with E-state index in [0.717, 1.165) is 0 Å². The third-order valence-electron chi connectivity index (χ3n) is 1.57. The summed E-state index contributed by atoms with van der Waals surface area (Å²) < 4.78 is 0. The predicted molar refractivity (Wildman–Crippen MR) is 48.6 cm³/mol. The van der Waals surface area contributed by atoms with Crippen LogP contribution < -0.4 is 5.73 Å². The van der Waals surface area contributed by atoms with Gasteiger partial charge in [-0.1, -0.05) is 0 Å². The maximum absolute atomic E-state index is 9.11. The molecule has 0 radical (unpaired) electrons. The van der Waals surface area contributed by atoms with E-state index in [9.17, 15) is 0 Å². The normalized spacial score (nSPS) is 19.2. The molecule has 0 heterocycles. The number of nitrogens with zero attached hydrogens (tertiary/aromatic N) is 1. The van der Waals surface area contributed by atoms with E-state index < -0.39 is 12.2 Å². The Hall–Kier alpha value is -0.160. The van der Waals surface area contributed by atoms with Crippen LogP contribution in [0.4, 0.5) is 0 Å². The van der Waals surface area contributed by atoms with Gasteiger partial charge in [-0.3, -0.25) is 4.90 Å². The van der Waals surface area contributed by atoms with Crippen LogP contribution in [-0.2, 0) is 0 Å². The fraction of sp³-hybridized carbons (Fsp3) is 1.00. The molecule has 4 heteroatoms. The summed E-state index contributed by atoms with van der Waals surface area (Å²) in [6.45, 7) is 6.25. The lowest BCUT2D eigenvalue weighted by Crippen LogP contribution is -2.46. The second-order valence-electron chi connectivity index (χ2n) is 3.39. The summed E-state index contributed by atoms with van der Waals surface area (Å²) >= 11 is 0. The first-order valence-corrected chi connectivity index (χ1v) is 4.29. The highest BCUT2D eigenvalue weighted by Crippen LogP contribution is 1.97. The summed E-state index contributed by atoms with van der Waals surface area (Å²) in [7, 11) is 0. The van der Waals surface area contributed by atoms with Gasteiger partial charge in [0.25, 0.3) is 0 Å². The molecule has 74 valence electrons. The topological polar surface area (TPSA) is 69.7 Å². The molecule has 4 N–H and O–H groups in total. The largest absolute Gasteiger partial charge is 0.392 e. The van der Waals surface area contributed by atoms with Gasteiger partial charge in [-0.2, -0.15) is 0 Å². The zero-order valence-corrected chi connectivity index (χ0v) is 8.07. The van der Waals surface area contributed by atoms with Crippen LogP contribution in [0.25, 0.3) is 0 Å². The number of nitrogens with two attached hydrogens (primary N) is 1. The van der Waals surface area contributed by atoms with Crippen LogP contribution in [0.1, 0.15) is 20.8 Å². The van der Waals surface area contributed by atoms with Crippen molar-refractivity contribution in [2.75, 3.05) is 13.1 Å². The SMILES string of the molecule is CC(O)CN(CC(C)O)C(C)N. The van der Waals surface area contributed by atoms with Crippen molar-refractivity contribution in [1.29, 1.82) is 0 Å². The molecule has 3 unspecified atom stereocenters. The Labute approximate surface area is 74.0 Å². The number of aliphatic hydroxyl groups is 2. The van der Waals surface area contributed by atoms with E-state index in [0.29, 0.717) is 13.1 Å². The lowest BCUT2D eigenvalue weighted by molar-refractivity contribution is 0.0631. The van der Waals surface area contributed by atoms with Crippen molar-refractivity contribution in [3.63, 3.8) is 0 Å². The Kier molecular flexibility index (Phi) is 5.41. The van der Waals surface area contributed by atoms with Gasteiger partial charge in [-0.25, -0.2) is 0 Å². The van der Waals surface area contributed by atoms with Crippen LogP contribution in [0.2, 0.25) is 0 Å². The second-order valence-corrected chi connectivity index (χ2v) is 3.39. The molecule has 0 fully saturated rings. The highest BCUT2D eigenvalue weighted by atomic mass is 16.3. The van der Waals surface area contributed by atoms with Crippen LogP contribution in [0, 0.1) is 0 Å². The molecule has 0 aliphatic heterocycles. The maximum atomic E-state index is 9.11. The van der Waals surface area contributed by atoms with Gasteiger partial charge in [0.15, 0.2) is 0 Å². The third-order valence-corrected chi connectivity index (χ3v) is 1.57. The summed E-state index contributed by atoms with van der Waals surface area (Å²) in [5.41, 5.74) is 5.64. The van der Waals surface area contributed by atoms with Crippen molar-refractivity contribution < 1.29 is 10.2 Å². The molecular formula is C8H20N2O2. The van der Waals surface area contributed by atoms with E-state index in [-0.39, 0.29) is 6.17 Å². The number of hydrogen-bond acceptors (Lipinski definition) is 4. The molecule has 0 spiro atoms. The summed E-state index contributed by atoms with van der Waals surface area (Å²) in [6, 6.07) is 0. The van der Waals surface area contributed by atoms with E-state index in [1.54, 1.807) is 13.8 Å². The lowest BCUT2D eigenvalue weighted by Gasteiger charge is -2.28. The molecule has 4 nitrogen and oxygen atoms in total. The molecule has 0 aromatic rings. The Morgan fingerprint density at radius 2 is 1.42 bits per heavy atom. The molecule has 12 heavy (non-hydrogen) atoms. The van der Waals surface area contributed by atoms with Gasteiger partial charge in [0.1, 0.15) is 0 Å². The zero-order chi connectivity index (χ0) is 9.72. The van der Waals surface area contributed by atoms with E-state index >= 15 is 0 Å². The lowest BCUT2D eigenvalue weighted by atomic mass is 10.3. The molecule has 0 aliphatic rings. The van der Waals surface area contributed by atoms with Crippen LogP contribution in [0.3, 0.4) is 0 Å². The fourth-order valence-electron chi connectivity index (χ4n) is 1.09. The maximum Gasteiger partial charge on any atom is 0.0639 e. The van der Waals surface area contributed by atoms with Gasteiger partial charge in [-0.05, 0) is 20.8 Å². The monoisotopic (exact) mass is 176 g/mol. The summed E-state index contributed by atoms with van der Waals surface area (Å²) in [5.74, 6) is 0. The average Bonchev–Trinajstić information content (AvgIpc) is 1.83. The van der Waals surface area contributed by atoms with E-state index in [1.165, 1.54) is 0 Å². The zero-order valence-electron chi connectivity index (χ0n) is 8.07. The first kappa shape index (κ1) is 11.8. The second kappa shape index (κ2) is 5.48. The van der Waals surface area contributed by atoms with Crippen molar-refractivity contribution in [2.45, 2.75) is 39.1 Å². The minimum absolute atomic E-state index is 0.130. The summed E-state index contributed by atoms with van der Waals surface area (Å²) in [6.07, 6.45) is -0.946. The Balaban J connectivity index is 3.87. The van der Waals surface area contributed by atoms with Crippen molar-refractivity contribution in [2.24, 2.45) is 5.73 Å². The first-order chi connectivity index (χ1) is 5.43. The van der Waals surface area contributed by atoms with Crippen LogP contribution in [-0.4, -0.2) is 46.6 Å². The summed E-state index contributed by atoms with van der Waals surface area (Å²) in [5, 5.41) is 18.2. The van der Waals surface area contributed by atoms with Crippen molar-refractivity contribution >= 4 is 0 Å². The first-order valence-electron chi connectivity index (χ1n) is 4.29. The highest BCUT2D eigenvalue weighted by Gasteiger charge is 2.13. The molecule has 0 amide bonds. The average molecular weight is 176 g/mol. The predicted octanol–water partition coefficient (Wildman–Crippen LogP) is -0.645. The third kappa shape index (κ3) is 5.49. The Bertz CT molecular complexity index is 106. The van der Waals surface area contributed by atoms with Gasteiger partial charge in [0.2, 0.25) is 0 Å². The molecular weight excluding hydrogens is 156 g/mol. The van der Waals surface area contributed by atoms with Gasteiger partial charge in [-0.15, -0.1) is 0 Å². The number of hydrogen-bond donors (Lipinski definition) is 3. The van der Waals surface area contributed by atoms with Crippen molar-refractivity contribution in [3.05, 3.63) is 0 Å². The molecule has 0 aliphatic carbocycles. The molecule has 0 saturated heterocycles. The van der Waals surface area contributed by atoms with Gasteiger partial charge >= 0.3 is 0 Å². The van der Waals surface area contributed by atoms with Crippen LogP contribution in [0.15, 0.2) is 0 Å². The molecule has 3 atom stereocenters. The molecule has 0 rings (SSSR count). The fourth-order valence-corrected chi connectivity index (χ4v) is 1.09. The highest BCUT2D eigenvalue weighted by molar-refractivity contribution is 4.66. The van der Waals surface area contributed by atoms with Crippen molar-refractivity contribution in [1.82, 2.24) is 4.90 Å². The molecule has 0 aromatic heterocycles. The van der Waals surface area contributed by atoms with Crippen LogP contribution >= 0.6 is 0 Å². The van der Waals surface area contributed by atoms with E-state index in [4.69, 9.17) is 15.9 Å². The molecule has 0 bridgehead atoms. The molecule has 0 saturated carbocycles. The minimum Gasteiger partial charge on any atom is -0.392 e. The van der Waals surface area contributed by atoms with Crippen LogP contribution in [0.5, 0.6) is 0 Å². The Morgan fingerprint density at radius 1 is 1.08 bits per heavy atom. The molecule has 0 aromatic carbocycles. The minimum atomic E-state index is -0.408. The van der Waals surface area contributed by atoms with Gasteiger partial charge in [0, 0.05) is 13.1 Å². The quantitative estimate of drug-likeness (QED) is 0.487. The van der Waals surface area contributed by atoms with E-state index in [1.807, 2.05) is 11.8 Å². The van der Waals surface area contributed by atoms with E-state index in [2.05, 4.69) is 0 Å². The van der Waals surface area contributed by atoms with Gasteiger partial charge in [0.05, 0.1) is 18.4 Å². The standard InChI is InChI=1S/C8H20N2O2/c1-6(11)4-10(8(3)9)5-7(2)12/h6-8,11-12H,4-5,9H2,1-3H3. The summed E-state index contributed by atoms with van der Waals surface area (Å²) in [4.78, 5) is 1.84.